The molecule has 2 nitrogen and oxygen atoms in total. The van der Waals surface area contributed by atoms with E-state index in [9.17, 15) is 4.79 Å². The smallest absolute Gasteiger partial charge is 0.316 e. The number of benzene rings is 1. The SMILES string of the molecule is O=C(Cl)N1CCC[C@H]1c1ccccc1. The Kier molecular flexibility index (Phi) is 2.73. The number of nitrogens with zero attached hydrogens (tertiary/aromatic N) is 1. The standard InChI is InChI=1S/C11H12ClNO/c12-11(14)13-8-4-7-10(13)9-5-2-1-3-6-9/h1-3,5-6,10H,4,7-8H2/t10-/m0/s1. The van der Waals surface area contributed by atoms with E-state index >= 15 is 0 Å². The molecule has 14 heavy (non-hydrogen) atoms. The van der Waals surface area contributed by atoms with Crippen molar-refractivity contribution in [2.45, 2.75) is 18.9 Å². The summed E-state index contributed by atoms with van der Waals surface area (Å²) in [6.07, 6.45) is 2.06. The van der Waals surface area contributed by atoms with Crippen LogP contribution in [-0.4, -0.2) is 16.8 Å². The summed E-state index contributed by atoms with van der Waals surface area (Å²) in [4.78, 5) is 12.9. The lowest BCUT2D eigenvalue weighted by molar-refractivity contribution is 0.217. The number of hydrogen-bond acceptors (Lipinski definition) is 1. The van der Waals surface area contributed by atoms with Crippen LogP contribution in [0.2, 0.25) is 0 Å². The third-order valence-electron chi connectivity index (χ3n) is 2.66. The molecular formula is C11H12ClNO. The van der Waals surface area contributed by atoms with Crippen molar-refractivity contribution in [3.63, 3.8) is 0 Å². The first-order chi connectivity index (χ1) is 6.79. The number of carbonyl (C=O) groups excluding carboxylic acids is 1. The Balaban J connectivity index is 2.22. The quantitative estimate of drug-likeness (QED) is 0.514. The molecule has 1 aliphatic heterocycles. The predicted octanol–water partition coefficient (Wildman–Crippen LogP) is 3.18. The highest BCUT2D eigenvalue weighted by Gasteiger charge is 2.28. The molecule has 0 radical (unpaired) electrons. The molecule has 0 unspecified atom stereocenters. The molecule has 0 aromatic heterocycles. The molecule has 1 aromatic carbocycles. The maximum atomic E-state index is 11.1. The van der Waals surface area contributed by atoms with E-state index in [1.165, 1.54) is 5.56 Å². The molecule has 1 aliphatic rings. The van der Waals surface area contributed by atoms with Gasteiger partial charge in [0.2, 0.25) is 0 Å². The summed E-state index contributed by atoms with van der Waals surface area (Å²) < 4.78 is 0. The first-order valence-corrected chi connectivity index (χ1v) is 5.18. The molecule has 0 saturated carbocycles. The van der Waals surface area contributed by atoms with Crippen molar-refractivity contribution < 1.29 is 4.79 Å². The summed E-state index contributed by atoms with van der Waals surface area (Å²) >= 11 is 5.52. The minimum absolute atomic E-state index is 0.182. The van der Waals surface area contributed by atoms with Gasteiger partial charge in [-0.15, -0.1) is 0 Å². The molecule has 74 valence electrons. The van der Waals surface area contributed by atoms with Crippen LogP contribution in [-0.2, 0) is 0 Å². The second-order valence-corrected chi connectivity index (χ2v) is 3.84. The summed E-state index contributed by atoms with van der Waals surface area (Å²) in [5, 5.41) is -0.337. The number of halogens is 1. The Bertz CT molecular complexity index is 325. The highest BCUT2D eigenvalue weighted by Crippen LogP contribution is 2.32. The van der Waals surface area contributed by atoms with Crippen molar-refractivity contribution >= 4 is 17.0 Å². The first-order valence-electron chi connectivity index (χ1n) is 4.80. The van der Waals surface area contributed by atoms with Crippen molar-refractivity contribution in [3.05, 3.63) is 35.9 Å². The molecule has 0 aliphatic carbocycles. The second kappa shape index (κ2) is 4.01. The summed E-state index contributed by atoms with van der Waals surface area (Å²) in [6, 6.07) is 10.2. The minimum Gasteiger partial charge on any atom is -0.322 e. The third kappa shape index (κ3) is 1.75. The van der Waals surface area contributed by atoms with E-state index in [0.717, 1.165) is 19.4 Å². The van der Waals surface area contributed by atoms with Crippen LogP contribution < -0.4 is 0 Å². The van der Waals surface area contributed by atoms with E-state index in [1.807, 2.05) is 30.3 Å². The largest absolute Gasteiger partial charge is 0.322 e. The molecule has 1 saturated heterocycles. The molecule has 2 rings (SSSR count). The van der Waals surface area contributed by atoms with Crippen LogP contribution in [0.3, 0.4) is 0 Å². The van der Waals surface area contributed by atoms with Gasteiger partial charge in [-0.3, -0.25) is 4.79 Å². The fourth-order valence-corrected chi connectivity index (χ4v) is 2.20. The van der Waals surface area contributed by atoms with E-state index in [2.05, 4.69) is 0 Å². The van der Waals surface area contributed by atoms with Crippen LogP contribution in [0.5, 0.6) is 0 Å². The summed E-state index contributed by atoms with van der Waals surface area (Å²) in [7, 11) is 0. The number of rotatable bonds is 1. The maximum absolute atomic E-state index is 11.1. The zero-order chi connectivity index (χ0) is 9.97. The first kappa shape index (κ1) is 9.53. The Morgan fingerprint density at radius 1 is 1.36 bits per heavy atom. The predicted molar refractivity (Wildman–Crippen MR) is 56.4 cm³/mol. The number of carbonyl (C=O) groups is 1. The van der Waals surface area contributed by atoms with Crippen molar-refractivity contribution in [3.8, 4) is 0 Å². The van der Waals surface area contributed by atoms with Crippen molar-refractivity contribution in [2.75, 3.05) is 6.54 Å². The van der Waals surface area contributed by atoms with E-state index < -0.39 is 0 Å². The lowest BCUT2D eigenvalue weighted by Crippen LogP contribution is -2.25. The van der Waals surface area contributed by atoms with Gasteiger partial charge < -0.3 is 4.90 Å². The van der Waals surface area contributed by atoms with Gasteiger partial charge in [0.25, 0.3) is 0 Å². The van der Waals surface area contributed by atoms with Gasteiger partial charge in [0.15, 0.2) is 0 Å². The van der Waals surface area contributed by atoms with Gasteiger partial charge in [0.05, 0.1) is 6.04 Å². The summed E-state index contributed by atoms with van der Waals surface area (Å²) in [5.74, 6) is 0. The monoisotopic (exact) mass is 209 g/mol. The Morgan fingerprint density at radius 3 is 2.71 bits per heavy atom. The minimum atomic E-state index is -0.337. The van der Waals surface area contributed by atoms with E-state index in [0.29, 0.717) is 0 Å². The molecule has 0 N–H and O–H groups in total. The fourth-order valence-electron chi connectivity index (χ4n) is 2.00. The summed E-state index contributed by atoms with van der Waals surface area (Å²) in [6.45, 7) is 0.780. The normalized spacial score (nSPS) is 21.2. The van der Waals surface area contributed by atoms with Gasteiger partial charge in [0.1, 0.15) is 0 Å². The van der Waals surface area contributed by atoms with Gasteiger partial charge in [-0.05, 0) is 30.0 Å². The number of amides is 1. The average Bonchev–Trinajstić information content (AvgIpc) is 2.67. The van der Waals surface area contributed by atoms with Crippen LogP contribution >= 0.6 is 11.6 Å². The molecular weight excluding hydrogens is 198 g/mol. The topological polar surface area (TPSA) is 20.3 Å². The van der Waals surface area contributed by atoms with Crippen LogP contribution in [0.4, 0.5) is 4.79 Å². The number of likely N-dealkylation sites (tertiary alicyclic amines) is 1. The summed E-state index contributed by atoms with van der Waals surface area (Å²) in [5.41, 5.74) is 1.18. The van der Waals surface area contributed by atoms with Gasteiger partial charge in [-0.2, -0.15) is 0 Å². The molecule has 1 heterocycles. The van der Waals surface area contributed by atoms with Crippen LogP contribution in [0.15, 0.2) is 30.3 Å². The van der Waals surface area contributed by atoms with Crippen LogP contribution in [0.1, 0.15) is 24.4 Å². The van der Waals surface area contributed by atoms with Crippen molar-refractivity contribution in [2.24, 2.45) is 0 Å². The molecule has 0 bridgehead atoms. The fraction of sp³-hybridized carbons (Fsp3) is 0.364. The maximum Gasteiger partial charge on any atom is 0.316 e. The van der Waals surface area contributed by atoms with E-state index in [4.69, 9.17) is 11.6 Å². The Hall–Kier alpha value is -1.02. The van der Waals surface area contributed by atoms with Gasteiger partial charge in [-0.1, -0.05) is 30.3 Å². The highest BCUT2D eigenvalue weighted by atomic mass is 35.5. The molecule has 3 heteroatoms. The molecule has 0 spiro atoms. The lowest BCUT2D eigenvalue weighted by atomic mass is 10.1. The van der Waals surface area contributed by atoms with E-state index in [1.54, 1.807) is 4.90 Å². The lowest BCUT2D eigenvalue weighted by Gasteiger charge is -2.22. The Labute approximate surface area is 88.5 Å². The Morgan fingerprint density at radius 2 is 2.07 bits per heavy atom. The van der Waals surface area contributed by atoms with E-state index in [-0.39, 0.29) is 11.4 Å². The van der Waals surface area contributed by atoms with Crippen molar-refractivity contribution in [1.29, 1.82) is 0 Å². The van der Waals surface area contributed by atoms with Gasteiger partial charge in [-0.25, -0.2) is 0 Å². The van der Waals surface area contributed by atoms with Gasteiger partial charge >= 0.3 is 5.37 Å². The molecule has 1 atom stereocenters. The van der Waals surface area contributed by atoms with Gasteiger partial charge in [0, 0.05) is 6.54 Å². The number of hydrogen-bond donors (Lipinski definition) is 0. The van der Waals surface area contributed by atoms with Crippen molar-refractivity contribution in [1.82, 2.24) is 4.90 Å². The zero-order valence-electron chi connectivity index (χ0n) is 7.82. The van der Waals surface area contributed by atoms with Crippen LogP contribution in [0, 0.1) is 0 Å². The molecule has 1 amide bonds. The highest BCUT2D eigenvalue weighted by molar-refractivity contribution is 6.62. The second-order valence-electron chi connectivity index (χ2n) is 3.52. The third-order valence-corrected chi connectivity index (χ3v) is 2.88. The average molecular weight is 210 g/mol. The molecule has 1 aromatic rings. The molecule has 1 fully saturated rings. The van der Waals surface area contributed by atoms with Crippen LogP contribution in [0.25, 0.3) is 0 Å². The zero-order valence-corrected chi connectivity index (χ0v) is 8.57.